The van der Waals surface area contributed by atoms with Gasteiger partial charge in [0.05, 0.1) is 5.69 Å². The van der Waals surface area contributed by atoms with Crippen molar-refractivity contribution in [2.45, 2.75) is 59.1 Å². The number of halogens is 1. The van der Waals surface area contributed by atoms with Crippen molar-refractivity contribution in [1.82, 2.24) is 0 Å². The van der Waals surface area contributed by atoms with Gasteiger partial charge in [-0.3, -0.25) is 4.90 Å². The van der Waals surface area contributed by atoms with Gasteiger partial charge in [0, 0.05) is 9.61 Å². The predicted octanol–water partition coefficient (Wildman–Crippen LogP) is 4.68. The second kappa shape index (κ2) is 5.54. The third-order valence-corrected chi connectivity index (χ3v) is 4.07. The Labute approximate surface area is 134 Å². The van der Waals surface area contributed by atoms with Crippen molar-refractivity contribution in [3.63, 3.8) is 0 Å². The van der Waals surface area contributed by atoms with Gasteiger partial charge >= 0.3 is 6.09 Å². The van der Waals surface area contributed by atoms with Crippen LogP contribution in [0, 0.1) is 10.5 Å². The first kappa shape index (κ1) is 15.6. The first-order valence-corrected chi connectivity index (χ1v) is 8.08. The maximum Gasteiger partial charge on any atom is 0.415 e. The van der Waals surface area contributed by atoms with Gasteiger partial charge in [0.2, 0.25) is 0 Å². The van der Waals surface area contributed by atoms with E-state index in [1.807, 2.05) is 25.7 Å². The van der Waals surface area contributed by atoms with Crippen molar-refractivity contribution in [2.75, 3.05) is 4.90 Å². The van der Waals surface area contributed by atoms with E-state index in [1.165, 1.54) is 9.13 Å². The van der Waals surface area contributed by atoms with Crippen LogP contribution in [0.15, 0.2) is 12.1 Å². The molecule has 1 heterocycles. The first-order chi connectivity index (χ1) is 9.19. The van der Waals surface area contributed by atoms with Gasteiger partial charge in [0.1, 0.15) is 5.60 Å². The highest BCUT2D eigenvalue weighted by atomic mass is 127. The van der Waals surface area contributed by atoms with Crippen LogP contribution < -0.4 is 4.90 Å². The number of rotatable bonds is 0. The second-order valence-electron chi connectivity index (χ2n) is 6.47. The lowest BCUT2D eigenvalue weighted by Crippen LogP contribution is -2.45. The van der Waals surface area contributed by atoms with Crippen LogP contribution in [0.2, 0.25) is 0 Å². The molecule has 0 bridgehead atoms. The highest BCUT2D eigenvalue weighted by Crippen LogP contribution is 2.36. The number of carbonyl (C=O) groups is 1. The highest BCUT2D eigenvalue weighted by molar-refractivity contribution is 14.1. The van der Waals surface area contributed by atoms with Crippen LogP contribution in [0.3, 0.4) is 0 Å². The lowest BCUT2D eigenvalue weighted by atomic mass is 9.94. The predicted molar refractivity (Wildman–Crippen MR) is 90.4 cm³/mol. The minimum atomic E-state index is -0.467. The van der Waals surface area contributed by atoms with Crippen molar-refractivity contribution in [3.8, 4) is 0 Å². The van der Waals surface area contributed by atoms with Crippen molar-refractivity contribution in [1.29, 1.82) is 0 Å². The monoisotopic (exact) mass is 387 g/mol. The summed E-state index contributed by atoms with van der Waals surface area (Å²) in [4.78, 5) is 14.4. The van der Waals surface area contributed by atoms with Gasteiger partial charge in [0.25, 0.3) is 0 Å². The number of ether oxygens (including phenoxy) is 1. The number of hydrogen-bond acceptors (Lipinski definition) is 2. The summed E-state index contributed by atoms with van der Waals surface area (Å²) in [5, 5.41) is 0. The molecule has 1 aliphatic rings. The number of hydrogen-bond donors (Lipinski definition) is 0. The van der Waals surface area contributed by atoms with Gasteiger partial charge in [-0.15, -0.1) is 0 Å². The average molecular weight is 387 g/mol. The largest absolute Gasteiger partial charge is 0.443 e. The molecule has 4 heteroatoms. The summed E-state index contributed by atoms with van der Waals surface area (Å²) in [5.74, 6) is 0. The molecule has 0 radical (unpaired) electrons. The quantitative estimate of drug-likeness (QED) is 0.606. The standard InChI is InChI=1S/C16H22INO2/c1-10-8-13(17)9-12-7-6-11(2)18(14(10)12)15(19)20-16(3,4)5/h8-9,11H,6-7H2,1-5H3/t11-/m0/s1. The fourth-order valence-corrected chi connectivity index (χ4v) is 3.48. The maximum absolute atomic E-state index is 12.5. The van der Waals surface area contributed by atoms with Gasteiger partial charge in [-0.1, -0.05) is 0 Å². The highest BCUT2D eigenvalue weighted by Gasteiger charge is 2.32. The molecular weight excluding hydrogens is 365 g/mol. The zero-order valence-corrected chi connectivity index (χ0v) is 14.9. The fraction of sp³-hybridized carbons (Fsp3) is 0.562. The summed E-state index contributed by atoms with van der Waals surface area (Å²) in [7, 11) is 0. The number of benzene rings is 1. The van der Waals surface area contributed by atoms with Crippen LogP contribution in [0.5, 0.6) is 0 Å². The van der Waals surface area contributed by atoms with Gasteiger partial charge in [-0.2, -0.15) is 0 Å². The van der Waals surface area contributed by atoms with Crippen LogP contribution >= 0.6 is 22.6 Å². The van der Waals surface area contributed by atoms with Crippen molar-refractivity contribution in [2.24, 2.45) is 0 Å². The minimum absolute atomic E-state index is 0.177. The van der Waals surface area contributed by atoms with Crippen molar-refractivity contribution < 1.29 is 9.53 Å². The number of amides is 1. The van der Waals surface area contributed by atoms with Gasteiger partial charge < -0.3 is 4.74 Å². The van der Waals surface area contributed by atoms with E-state index >= 15 is 0 Å². The summed E-state index contributed by atoms with van der Waals surface area (Å²) in [6, 6.07) is 4.47. The molecule has 1 aliphatic heterocycles. The van der Waals surface area contributed by atoms with Crippen LogP contribution in [0.1, 0.15) is 45.2 Å². The van der Waals surface area contributed by atoms with E-state index in [9.17, 15) is 4.79 Å². The van der Waals surface area contributed by atoms with E-state index in [2.05, 4.69) is 48.6 Å². The molecular formula is C16H22INO2. The Morgan fingerprint density at radius 1 is 1.40 bits per heavy atom. The zero-order valence-electron chi connectivity index (χ0n) is 12.8. The summed E-state index contributed by atoms with van der Waals surface area (Å²) >= 11 is 2.33. The lowest BCUT2D eigenvalue weighted by molar-refractivity contribution is 0.0563. The third kappa shape index (κ3) is 3.27. The van der Waals surface area contributed by atoms with Crippen LogP contribution in [0.4, 0.5) is 10.5 Å². The van der Waals surface area contributed by atoms with Gasteiger partial charge in [-0.05, 0) is 93.3 Å². The SMILES string of the molecule is Cc1cc(I)cc2c1N(C(=O)OC(C)(C)C)[C@@H](C)CC2. The van der Waals surface area contributed by atoms with E-state index in [0.29, 0.717) is 0 Å². The molecule has 0 saturated heterocycles. The summed E-state index contributed by atoms with van der Waals surface area (Å²) in [5.41, 5.74) is 2.96. The maximum atomic E-state index is 12.5. The lowest BCUT2D eigenvalue weighted by Gasteiger charge is -2.37. The summed E-state index contributed by atoms with van der Waals surface area (Å²) in [6.45, 7) is 9.87. The Hall–Kier alpha value is -0.780. The number of nitrogens with zero attached hydrogens (tertiary/aromatic N) is 1. The molecule has 0 aromatic heterocycles. The van der Waals surface area contributed by atoms with Crippen molar-refractivity contribution in [3.05, 3.63) is 26.8 Å². The minimum Gasteiger partial charge on any atom is -0.443 e. The first-order valence-electron chi connectivity index (χ1n) is 7.00. The molecule has 0 N–H and O–H groups in total. The smallest absolute Gasteiger partial charge is 0.415 e. The Balaban J connectivity index is 2.42. The molecule has 2 rings (SSSR count). The Kier molecular flexibility index (Phi) is 4.33. The van der Waals surface area contributed by atoms with Crippen molar-refractivity contribution >= 4 is 34.4 Å². The van der Waals surface area contributed by atoms with Gasteiger partial charge in [0.15, 0.2) is 0 Å². The summed E-state index contributed by atoms with van der Waals surface area (Å²) in [6.07, 6.45) is 1.76. The fourth-order valence-electron chi connectivity index (χ4n) is 2.64. The molecule has 1 amide bonds. The van der Waals surface area contributed by atoms with Crippen LogP contribution in [0.25, 0.3) is 0 Å². The van der Waals surface area contributed by atoms with Crippen LogP contribution in [-0.2, 0) is 11.2 Å². The van der Waals surface area contributed by atoms with E-state index in [1.54, 1.807) is 0 Å². The Morgan fingerprint density at radius 3 is 2.65 bits per heavy atom. The molecule has 20 heavy (non-hydrogen) atoms. The summed E-state index contributed by atoms with van der Waals surface area (Å²) < 4.78 is 6.79. The topological polar surface area (TPSA) is 29.5 Å². The Bertz CT molecular complexity index is 534. The number of anilines is 1. The molecule has 0 aliphatic carbocycles. The van der Waals surface area contributed by atoms with E-state index in [0.717, 1.165) is 24.1 Å². The number of carbonyl (C=O) groups excluding carboxylic acids is 1. The molecule has 110 valence electrons. The molecule has 1 aromatic rings. The molecule has 1 aromatic carbocycles. The molecule has 0 saturated carbocycles. The zero-order chi connectivity index (χ0) is 15.1. The molecule has 0 spiro atoms. The number of fused-ring (bicyclic) bond motifs is 1. The second-order valence-corrected chi connectivity index (χ2v) is 7.71. The number of aryl methyl sites for hydroxylation is 2. The van der Waals surface area contributed by atoms with Gasteiger partial charge in [-0.25, -0.2) is 4.79 Å². The Morgan fingerprint density at radius 2 is 2.05 bits per heavy atom. The molecule has 0 unspecified atom stereocenters. The normalized spacial score (nSPS) is 18.7. The average Bonchev–Trinajstić information content (AvgIpc) is 2.27. The van der Waals surface area contributed by atoms with Crippen LogP contribution in [-0.4, -0.2) is 17.7 Å². The third-order valence-electron chi connectivity index (χ3n) is 3.45. The van der Waals surface area contributed by atoms with E-state index < -0.39 is 5.60 Å². The molecule has 3 nitrogen and oxygen atoms in total. The van der Waals surface area contributed by atoms with E-state index in [4.69, 9.17) is 4.74 Å². The molecule has 1 atom stereocenters. The molecule has 0 fully saturated rings. The van der Waals surface area contributed by atoms with E-state index in [-0.39, 0.29) is 12.1 Å².